The number of carbonyl (C=O) groups is 6. The second-order valence-corrected chi connectivity index (χ2v) is 17.5. The van der Waals surface area contributed by atoms with Gasteiger partial charge in [0.1, 0.15) is 24.2 Å². The van der Waals surface area contributed by atoms with Crippen LogP contribution in [0.15, 0.2) is 47.1 Å². The predicted octanol–water partition coefficient (Wildman–Crippen LogP) is 1.90. The number of sulfonamides is 1. The number of hydrogen-bond acceptors (Lipinski definition) is 14. The van der Waals surface area contributed by atoms with Gasteiger partial charge in [-0.2, -0.15) is 4.98 Å². The van der Waals surface area contributed by atoms with Crippen LogP contribution in [0.2, 0.25) is 0 Å². The summed E-state index contributed by atoms with van der Waals surface area (Å²) in [6.07, 6.45) is 2.77. The molecule has 0 saturated carbocycles. The highest BCUT2D eigenvalue weighted by atomic mass is 79.9. The Labute approximate surface area is 355 Å². The van der Waals surface area contributed by atoms with Crippen LogP contribution < -0.4 is 31.7 Å². The number of ether oxygens (including phenoxy) is 1. The van der Waals surface area contributed by atoms with Gasteiger partial charge in [-0.15, -0.1) is 0 Å². The van der Waals surface area contributed by atoms with Gasteiger partial charge in [0, 0.05) is 57.8 Å². The molecule has 0 bridgehead atoms. The van der Waals surface area contributed by atoms with Crippen LogP contribution in [-0.2, 0) is 24.4 Å². The predicted molar refractivity (Wildman–Crippen MR) is 223 cm³/mol. The third-order valence-corrected chi connectivity index (χ3v) is 13.0. The second kappa shape index (κ2) is 19.3. The van der Waals surface area contributed by atoms with Crippen molar-refractivity contribution in [2.45, 2.75) is 58.0 Å². The number of amides is 6. The fourth-order valence-electron chi connectivity index (χ4n) is 7.33. The Morgan fingerprint density at radius 3 is 2.52 bits per heavy atom. The Morgan fingerprint density at radius 1 is 1.05 bits per heavy atom. The van der Waals surface area contributed by atoms with Gasteiger partial charge < -0.3 is 26.4 Å². The summed E-state index contributed by atoms with van der Waals surface area (Å²) < 4.78 is 34.2. The number of halogens is 1. The largest absolute Gasteiger partial charge is 0.491 e. The zero-order valence-corrected chi connectivity index (χ0v) is 35.6. The molecule has 3 aromatic rings. The van der Waals surface area contributed by atoms with Gasteiger partial charge in [-0.25, -0.2) is 17.7 Å². The summed E-state index contributed by atoms with van der Waals surface area (Å²) in [5, 5.41) is 11.3. The number of carbonyl (C=O) groups excluding carboxylic acids is 6. The van der Waals surface area contributed by atoms with Gasteiger partial charge in [-0.1, -0.05) is 25.1 Å². The molecule has 6 rings (SSSR count). The van der Waals surface area contributed by atoms with Gasteiger partial charge >= 0.3 is 0 Å². The smallest absolute Gasteiger partial charge is 0.266 e. The molecule has 60 heavy (non-hydrogen) atoms. The van der Waals surface area contributed by atoms with E-state index in [9.17, 15) is 37.2 Å². The number of fused-ring (bicyclic) bond motifs is 1. The lowest BCUT2D eigenvalue weighted by Crippen LogP contribution is -2.54. The highest BCUT2D eigenvalue weighted by Gasteiger charge is 2.46. The number of anilines is 3. The van der Waals surface area contributed by atoms with Gasteiger partial charge in [0.15, 0.2) is 0 Å². The SMILES string of the molecule is CCN(CCOc1cccc2c1C(=O)N(C1CCC(=O)NC1=O)C2=O)CCC(=O)NCCS(=O)(=O)N1CCC(Nc2ncc(Br)c(Nc3cccc(C)c3C(N)=O)n2)CC1. The second-order valence-electron chi connectivity index (χ2n) is 14.5. The molecule has 1 atom stereocenters. The number of nitrogens with zero attached hydrogens (tertiary/aromatic N) is 5. The lowest BCUT2D eigenvalue weighted by atomic mass is 10.0. The van der Waals surface area contributed by atoms with E-state index in [0.717, 1.165) is 10.5 Å². The number of nitrogens with two attached hydrogens (primary N) is 1. The van der Waals surface area contributed by atoms with Crippen molar-refractivity contribution in [1.82, 2.24) is 34.7 Å². The summed E-state index contributed by atoms with van der Waals surface area (Å²) >= 11 is 3.44. The van der Waals surface area contributed by atoms with E-state index in [4.69, 9.17) is 10.5 Å². The zero-order chi connectivity index (χ0) is 43.1. The average Bonchev–Trinajstić information content (AvgIpc) is 3.46. The van der Waals surface area contributed by atoms with Crippen molar-refractivity contribution < 1.29 is 41.9 Å². The highest BCUT2D eigenvalue weighted by molar-refractivity contribution is 9.10. The minimum Gasteiger partial charge on any atom is -0.491 e. The number of likely N-dealkylation sites (N-methyl/N-ethyl adjacent to an activating group) is 1. The molecule has 2 fully saturated rings. The van der Waals surface area contributed by atoms with Gasteiger partial charge in [0.25, 0.3) is 17.7 Å². The lowest BCUT2D eigenvalue weighted by molar-refractivity contribution is -0.136. The number of piperidine rings is 2. The minimum absolute atomic E-state index is 0.0153. The molecule has 2 aromatic carbocycles. The number of rotatable bonds is 18. The first-order valence-corrected chi connectivity index (χ1v) is 22.0. The molecule has 2 saturated heterocycles. The molecule has 4 heterocycles. The van der Waals surface area contributed by atoms with Crippen LogP contribution in [0.3, 0.4) is 0 Å². The molecular formula is C39H47BrN10O9S. The third kappa shape index (κ3) is 10.3. The maximum atomic E-state index is 13.3. The van der Waals surface area contributed by atoms with Crippen LogP contribution in [0.4, 0.5) is 17.5 Å². The van der Waals surface area contributed by atoms with Crippen molar-refractivity contribution in [3.05, 3.63) is 69.3 Å². The summed E-state index contributed by atoms with van der Waals surface area (Å²) in [6, 6.07) is 8.79. The number of aryl methyl sites for hydroxylation is 1. The molecule has 0 spiro atoms. The van der Waals surface area contributed by atoms with E-state index in [1.165, 1.54) is 10.4 Å². The summed E-state index contributed by atoms with van der Waals surface area (Å²) in [4.78, 5) is 87.0. The molecule has 3 aliphatic heterocycles. The van der Waals surface area contributed by atoms with Gasteiger partial charge in [-0.3, -0.25) is 43.9 Å². The first kappa shape index (κ1) is 44.1. The molecule has 21 heteroatoms. The topological polar surface area (TPSA) is 255 Å². The Morgan fingerprint density at radius 2 is 1.80 bits per heavy atom. The van der Waals surface area contributed by atoms with Crippen molar-refractivity contribution in [3.8, 4) is 5.75 Å². The molecule has 19 nitrogen and oxygen atoms in total. The number of primary amides is 1. The van der Waals surface area contributed by atoms with Gasteiger partial charge in [0.2, 0.25) is 33.7 Å². The number of nitrogens with one attached hydrogen (secondary N) is 4. The number of aromatic nitrogens is 2. The summed E-state index contributed by atoms with van der Waals surface area (Å²) in [7, 11) is -3.64. The number of benzene rings is 2. The monoisotopic (exact) mass is 910 g/mol. The van der Waals surface area contributed by atoms with E-state index in [-0.39, 0.29) is 80.1 Å². The summed E-state index contributed by atoms with van der Waals surface area (Å²) in [6.45, 7) is 5.70. The standard InChI is InChI=1S/C39H47BrN10O9S/c1-3-48(19-20-59-29-9-5-7-25-33(29)38(56)50(37(25)55)28-10-11-31(52)46-36(28)54)16-14-30(51)42-15-21-60(57,58)49-17-12-24(13-18-49)44-39-43-22-26(40)35(47-39)45-27-8-4-6-23(2)32(27)34(41)53/h4-9,22,24,28H,3,10-21H2,1-2H3,(H2,41,53)(H,42,51)(H,46,52,54)(H2,43,44,45,47). The van der Waals surface area contributed by atoms with Crippen molar-refractivity contribution in [1.29, 1.82) is 0 Å². The third-order valence-electron chi connectivity index (χ3n) is 10.6. The van der Waals surface area contributed by atoms with E-state index in [0.29, 0.717) is 60.0 Å². The van der Waals surface area contributed by atoms with Gasteiger partial charge in [0.05, 0.1) is 32.6 Å². The normalized spacial score (nSPS) is 17.4. The van der Waals surface area contributed by atoms with Crippen molar-refractivity contribution >= 4 is 78.8 Å². The molecule has 320 valence electrons. The number of hydrogen-bond donors (Lipinski definition) is 5. The fraction of sp³-hybridized carbons (Fsp3) is 0.436. The minimum atomic E-state index is -3.64. The van der Waals surface area contributed by atoms with E-state index in [2.05, 4.69) is 47.2 Å². The van der Waals surface area contributed by atoms with Crippen LogP contribution in [0.5, 0.6) is 5.75 Å². The molecule has 6 N–H and O–H groups in total. The van der Waals surface area contributed by atoms with Crippen LogP contribution in [-0.4, -0.2) is 132 Å². The molecular weight excluding hydrogens is 864 g/mol. The van der Waals surface area contributed by atoms with E-state index >= 15 is 0 Å². The van der Waals surface area contributed by atoms with Crippen LogP contribution in [0.1, 0.15) is 75.7 Å². The fourth-order valence-corrected chi connectivity index (χ4v) is 9.00. The van der Waals surface area contributed by atoms with Crippen molar-refractivity contribution in [2.24, 2.45) is 5.73 Å². The first-order valence-electron chi connectivity index (χ1n) is 19.6. The van der Waals surface area contributed by atoms with Gasteiger partial charge in [-0.05, 0) is 72.4 Å². The maximum Gasteiger partial charge on any atom is 0.266 e. The van der Waals surface area contributed by atoms with Crippen LogP contribution >= 0.6 is 15.9 Å². The van der Waals surface area contributed by atoms with E-state index in [1.54, 1.807) is 43.5 Å². The molecule has 1 aromatic heterocycles. The quantitative estimate of drug-likeness (QED) is 0.114. The molecule has 0 radical (unpaired) electrons. The molecule has 1 unspecified atom stereocenters. The van der Waals surface area contributed by atoms with E-state index in [1.807, 2.05) is 11.8 Å². The van der Waals surface area contributed by atoms with E-state index < -0.39 is 45.6 Å². The van der Waals surface area contributed by atoms with Crippen molar-refractivity contribution in [3.63, 3.8) is 0 Å². The number of imide groups is 2. The Kier molecular flexibility index (Phi) is 14.1. The zero-order valence-electron chi connectivity index (χ0n) is 33.2. The Hall–Kier alpha value is -5.51. The van der Waals surface area contributed by atoms with Crippen LogP contribution in [0.25, 0.3) is 0 Å². The summed E-state index contributed by atoms with van der Waals surface area (Å²) in [5.41, 5.74) is 7.36. The highest BCUT2D eigenvalue weighted by Crippen LogP contribution is 2.34. The Bertz CT molecular complexity index is 2290. The van der Waals surface area contributed by atoms with Crippen LogP contribution in [0, 0.1) is 6.92 Å². The molecule has 0 aliphatic carbocycles. The molecule has 6 amide bonds. The Balaban J connectivity index is 0.907. The average molecular weight is 912 g/mol. The summed E-state index contributed by atoms with van der Waals surface area (Å²) in [5.74, 6) is -2.61. The maximum absolute atomic E-state index is 13.3. The lowest BCUT2D eigenvalue weighted by Gasteiger charge is -2.31. The van der Waals surface area contributed by atoms with Crippen molar-refractivity contribution in [2.75, 3.05) is 62.3 Å². The molecule has 3 aliphatic rings. The first-order chi connectivity index (χ1) is 28.7.